The van der Waals surface area contributed by atoms with Crippen LogP contribution in [0.3, 0.4) is 0 Å². The summed E-state index contributed by atoms with van der Waals surface area (Å²) in [5.41, 5.74) is 12.9. The third-order valence-electron chi connectivity index (χ3n) is 2.92. The number of hydrazine groups is 1. The summed E-state index contributed by atoms with van der Waals surface area (Å²) in [6.07, 6.45) is 0. The number of nitrogens with two attached hydrogens (primary N) is 1. The van der Waals surface area contributed by atoms with E-state index in [1.165, 1.54) is 0 Å². The number of esters is 1. The Balaban J connectivity index is 1.96. The highest BCUT2D eigenvalue weighted by atomic mass is 16.5. The average molecular weight is 299 g/mol. The van der Waals surface area contributed by atoms with E-state index in [0.717, 1.165) is 0 Å². The summed E-state index contributed by atoms with van der Waals surface area (Å²) >= 11 is 0. The molecule has 0 radical (unpaired) electrons. The highest BCUT2D eigenvalue weighted by Gasteiger charge is 2.09. The number of nitrogens with one attached hydrogen (secondary N) is 2. The molecule has 0 saturated heterocycles. The van der Waals surface area contributed by atoms with E-state index in [9.17, 15) is 9.59 Å². The lowest BCUT2D eigenvalue weighted by atomic mass is 10.2. The van der Waals surface area contributed by atoms with Crippen LogP contribution >= 0.6 is 0 Å². The zero-order valence-corrected chi connectivity index (χ0v) is 12.1. The Bertz CT molecular complexity index is 669. The number of hydrogen-bond donors (Lipinski definition) is 3. The number of hydrogen-bond acceptors (Lipinski definition) is 5. The van der Waals surface area contributed by atoms with Gasteiger partial charge in [0.25, 0.3) is 5.91 Å². The summed E-state index contributed by atoms with van der Waals surface area (Å²) in [6.45, 7) is 2.08. The van der Waals surface area contributed by atoms with Crippen molar-refractivity contribution >= 4 is 23.3 Å². The van der Waals surface area contributed by atoms with Crippen LogP contribution in [-0.4, -0.2) is 18.5 Å². The van der Waals surface area contributed by atoms with Gasteiger partial charge in [-0.1, -0.05) is 12.1 Å². The van der Waals surface area contributed by atoms with Crippen LogP contribution in [0.2, 0.25) is 0 Å². The number of rotatable bonds is 5. The topological polar surface area (TPSA) is 93.5 Å². The van der Waals surface area contributed by atoms with Crippen LogP contribution < -0.4 is 16.6 Å². The summed E-state index contributed by atoms with van der Waals surface area (Å²) in [5.74, 6) is -0.720. The Morgan fingerprint density at radius 3 is 2.41 bits per heavy atom. The molecule has 114 valence electrons. The van der Waals surface area contributed by atoms with E-state index >= 15 is 0 Å². The van der Waals surface area contributed by atoms with Gasteiger partial charge in [0, 0.05) is 5.69 Å². The quantitative estimate of drug-likeness (QED) is 0.447. The molecule has 0 fully saturated rings. The minimum atomic E-state index is -0.379. The van der Waals surface area contributed by atoms with E-state index in [4.69, 9.17) is 10.5 Å². The van der Waals surface area contributed by atoms with Gasteiger partial charge in [-0.3, -0.25) is 15.6 Å². The molecule has 0 aliphatic heterocycles. The molecule has 0 spiro atoms. The second-order valence-corrected chi connectivity index (χ2v) is 4.46. The monoisotopic (exact) mass is 299 g/mol. The summed E-state index contributed by atoms with van der Waals surface area (Å²) in [4.78, 5) is 23.5. The molecule has 0 heterocycles. The number of benzene rings is 2. The van der Waals surface area contributed by atoms with Crippen molar-refractivity contribution in [2.75, 3.05) is 17.8 Å². The van der Waals surface area contributed by atoms with E-state index in [1.54, 1.807) is 55.5 Å². The van der Waals surface area contributed by atoms with Crippen LogP contribution in [0.1, 0.15) is 27.6 Å². The van der Waals surface area contributed by atoms with E-state index in [0.29, 0.717) is 29.1 Å². The molecule has 0 bridgehead atoms. The van der Waals surface area contributed by atoms with Crippen LogP contribution in [0.4, 0.5) is 11.4 Å². The predicted octanol–water partition coefficient (Wildman–Crippen LogP) is 2.20. The van der Waals surface area contributed by atoms with Gasteiger partial charge in [0.05, 0.1) is 23.4 Å². The molecular weight excluding hydrogens is 282 g/mol. The van der Waals surface area contributed by atoms with Gasteiger partial charge in [0.1, 0.15) is 0 Å². The molecular formula is C16H17N3O3. The van der Waals surface area contributed by atoms with Crippen LogP contribution in [0, 0.1) is 0 Å². The fraction of sp³-hybridized carbons (Fsp3) is 0.125. The fourth-order valence-corrected chi connectivity index (χ4v) is 1.80. The van der Waals surface area contributed by atoms with Gasteiger partial charge in [-0.15, -0.1) is 0 Å². The minimum Gasteiger partial charge on any atom is -0.462 e. The largest absolute Gasteiger partial charge is 0.462 e. The first-order valence-corrected chi connectivity index (χ1v) is 6.80. The van der Waals surface area contributed by atoms with Gasteiger partial charge in [0.2, 0.25) is 0 Å². The number of carbonyl (C=O) groups excluding carboxylic acids is 2. The highest BCUT2D eigenvalue weighted by Crippen LogP contribution is 2.12. The van der Waals surface area contributed by atoms with E-state index in [-0.39, 0.29) is 11.9 Å². The van der Waals surface area contributed by atoms with Crippen molar-refractivity contribution in [3.05, 3.63) is 59.7 Å². The number of anilines is 2. The molecule has 0 aliphatic carbocycles. The molecule has 0 atom stereocenters. The number of amides is 1. The first-order chi connectivity index (χ1) is 10.6. The second-order valence-electron chi connectivity index (χ2n) is 4.46. The van der Waals surface area contributed by atoms with Gasteiger partial charge in [-0.25, -0.2) is 4.79 Å². The Morgan fingerprint density at radius 1 is 1.09 bits per heavy atom. The SMILES string of the molecule is CCOC(=O)c1ccc(NNC(=O)c2ccccc2N)cc1. The molecule has 2 aromatic carbocycles. The van der Waals surface area contributed by atoms with Crippen LogP contribution in [0.15, 0.2) is 48.5 Å². The van der Waals surface area contributed by atoms with Crippen LogP contribution in [-0.2, 0) is 4.74 Å². The van der Waals surface area contributed by atoms with Gasteiger partial charge in [-0.2, -0.15) is 0 Å². The zero-order valence-electron chi connectivity index (χ0n) is 12.1. The maximum atomic E-state index is 12.0. The standard InChI is InChI=1S/C16H17N3O3/c1-2-22-16(21)11-7-9-12(10-8-11)18-19-15(20)13-5-3-4-6-14(13)17/h3-10,18H,2,17H2,1H3,(H,19,20). The normalized spacial score (nSPS) is 9.86. The zero-order chi connectivity index (χ0) is 15.9. The maximum absolute atomic E-state index is 12.0. The smallest absolute Gasteiger partial charge is 0.338 e. The fourth-order valence-electron chi connectivity index (χ4n) is 1.80. The van der Waals surface area contributed by atoms with Crippen molar-refractivity contribution in [3.8, 4) is 0 Å². The lowest BCUT2D eigenvalue weighted by Gasteiger charge is -2.10. The van der Waals surface area contributed by atoms with E-state index < -0.39 is 0 Å². The summed E-state index contributed by atoms with van der Waals surface area (Å²) in [7, 11) is 0. The molecule has 0 saturated carbocycles. The third kappa shape index (κ3) is 3.76. The molecule has 2 rings (SSSR count). The molecule has 1 amide bonds. The van der Waals surface area contributed by atoms with Crippen molar-refractivity contribution in [2.45, 2.75) is 6.92 Å². The average Bonchev–Trinajstić information content (AvgIpc) is 2.54. The molecule has 0 unspecified atom stereocenters. The van der Waals surface area contributed by atoms with Gasteiger partial charge >= 0.3 is 5.97 Å². The summed E-state index contributed by atoms with van der Waals surface area (Å²) < 4.78 is 4.89. The van der Waals surface area contributed by atoms with Crippen LogP contribution in [0.25, 0.3) is 0 Å². The van der Waals surface area contributed by atoms with Gasteiger partial charge < -0.3 is 10.5 Å². The number of carbonyl (C=O) groups is 2. The lowest BCUT2D eigenvalue weighted by Crippen LogP contribution is -2.29. The molecule has 6 heteroatoms. The molecule has 0 aromatic heterocycles. The van der Waals surface area contributed by atoms with E-state index in [1.807, 2.05) is 0 Å². The number of nitrogen functional groups attached to an aromatic ring is 1. The molecule has 4 N–H and O–H groups in total. The van der Waals surface area contributed by atoms with E-state index in [2.05, 4.69) is 10.9 Å². The molecule has 6 nitrogen and oxygen atoms in total. The number of para-hydroxylation sites is 1. The Labute approximate surface area is 128 Å². The van der Waals surface area contributed by atoms with Gasteiger partial charge in [-0.05, 0) is 43.3 Å². The second kappa shape index (κ2) is 7.12. The van der Waals surface area contributed by atoms with Crippen molar-refractivity contribution in [2.24, 2.45) is 0 Å². The third-order valence-corrected chi connectivity index (χ3v) is 2.92. The Kier molecular flexibility index (Phi) is 4.98. The predicted molar refractivity (Wildman–Crippen MR) is 84.3 cm³/mol. The molecule has 22 heavy (non-hydrogen) atoms. The molecule has 0 aliphatic rings. The Hall–Kier alpha value is -3.02. The minimum absolute atomic E-state index is 0.327. The maximum Gasteiger partial charge on any atom is 0.338 e. The van der Waals surface area contributed by atoms with Crippen LogP contribution in [0.5, 0.6) is 0 Å². The summed E-state index contributed by atoms with van der Waals surface area (Å²) in [6, 6.07) is 13.3. The first kappa shape index (κ1) is 15.4. The van der Waals surface area contributed by atoms with Crippen molar-refractivity contribution in [1.82, 2.24) is 5.43 Å². The Morgan fingerprint density at radius 2 is 1.77 bits per heavy atom. The van der Waals surface area contributed by atoms with Crippen molar-refractivity contribution < 1.29 is 14.3 Å². The van der Waals surface area contributed by atoms with Gasteiger partial charge in [0.15, 0.2) is 0 Å². The first-order valence-electron chi connectivity index (χ1n) is 6.80. The molecule has 2 aromatic rings. The lowest BCUT2D eigenvalue weighted by molar-refractivity contribution is 0.0526. The number of ether oxygens (including phenoxy) is 1. The summed E-state index contributed by atoms with van der Waals surface area (Å²) in [5, 5.41) is 0. The van der Waals surface area contributed by atoms with Crippen molar-refractivity contribution in [1.29, 1.82) is 0 Å². The van der Waals surface area contributed by atoms with Crippen molar-refractivity contribution in [3.63, 3.8) is 0 Å². The highest BCUT2D eigenvalue weighted by molar-refractivity contribution is 5.99.